The summed E-state index contributed by atoms with van der Waals surface area (Å²) in [6.45, 7) is 9.22. The van der Waals surface area contributed by atoms with Crippen LogP contribution in [-0.2, 0) is 16.0 Å². The van der Waals surface area contributed by atoms with Crippen molar-refractivity contribution in [3.8, 4) is 0 Å². The molecule has 0 aromatic heterocycles. The van der Waals surface area contributed by atoms with Crippen LogP contribution in [0.2, 0.25) is 0 Å². The van der Waals surface area contributed by atoms with Crippen molar-refractivity contribution in [2.45, 2.75) is 46.6 Å². The Hall–Kier alpha value is -1.84. The van der Waals surface area contributed by atoms with Crippen molar-refractivity contribution in [2.75, 3.05) is 13.1 Å². The van der Waals surface area contributed by atoms with Crippen LogP contribution in [0.3, 0.4) is 0 Å². The van der Waals surface area contributed by atoms with Crippen LogP contribution in [0.1, 0.15) is 35.6 Å². The molecule has 1 N–H and O–H groups in total. The van der Waals surface area contributed by atoms with Crippen molar-refractivity contribution in [1.29, 1.82) is 0 Å². The molecule has 0 unspecified atom stereocenters. The molecule has 1 aliphatic heterocycles. The highest BCUT2D eigenvalue weighted by atomic mass is 16.2. The molecular weight excluding hydrogens is 264 g/mol. The van der Waals surface area contributed by atoms with Crippen LogP contribution in [-0.4, -0.2) is 35.8 Å². The second kappa shape index (κ2) is 6.29. The van der Waals surface area contributed by atoms with Gasteiger partial charge in [-0.2, -0.15) is 0 Å². The highest BCUT2D eigenvalue weighted by Crippen LogP contribution is 2.19. The highest BCUT2D eigenvalue weighted by Gasteiger charge is 2.28. The van der Waals surface area contributed by atoms with Crippen molar-refractivity contribution in [3.05, 3.63) is 34.4 Å². The summed E-state index contributed by atoms with van der Waals surface area (Å²) in [6.07, 6.45) is 1.20. The molecule has 2 amide bonds. The number of hydrogen-bond acceptors (Lipinski definition) is 2. The normalized spacial score (nSPS) is 18.6. The molecule has 0 spiro atoms. The van der Waals surface area contributed by atoms with E-state index >= 15 is 0 Å². The summed E-state index contributed by atoms with van der Waals surface area (Å²) < 4.78 is 0. The van der Waals surface area contributed by atoms with E-state index in [9.17, 15) is 9.59 Å². The number of nitrogens with one attached hydrogen (secondary N) is 1. The molecule has 21 heavy (non-hydrogen) atoms. The predicted molar refractivity (Wildman–Crippen MR) is 83.2 cm³/mol. The van der Waals surface area contributed by atoms with Crippen molar-refractivity contribution in [1.82, 2.24) is 10.2 Å². The van der Waals surface area contributed by atoms with E-state index in [-0.39, 0.29) is 17.9 Å². The Labute approximate surface area is 126 Å². The standard InChI is InChI=1S/C17H24N2O2/c1-11-9-12(2)15(13(3)10-11)5-6-16(20)19-8-7-18-17(21)14(19)4/h9-10,14H,5-8H2,1-4H3,(H,18,21)/t14-/m0/s1. The number of rotatable bonds is 3. The Morgan fingerprint density at radius 1 is 1.29 bits per heavy atom. The van der Waals surface area contributed by atoms with Crippen molar-refractivity contribution in [2.24, 2.45) is 0 Å². The molecule has 114 valence electrons. The number of carbonyl (C=O) groups is 2. The lowest BCUT2D eigenvalue weighted by atomic mass is 9.96. The zero-order chi connectivity index (χ0) is 15.6. The van der Waals surface area contributed by atoms with Gasteiger partial charge in [-0.25, -0.2) is 0 Å². The van der Waals surface area contributed by atoms with Gasteiger partial charge in [0.1, 0.15) is 6.04 Å². The second-order valence-electron chi connectivity index (χ2n) is 5.93. The lowest BCUT2D eigenvalue weighted by molar-refractivity contribution is -0.142. The van der Waals surface area contributed by atoms with Gasteiger partial charge in [-0.3, -0.25) is 9.59 Å². The SMILES string of the molecule is Cc1cc(C)c(CCC(=O)N2CCNC(=O)[C@@H]2C)c(C)c1. The number of aryl methyl sites for hydroxylation is 3. The molecule has 0 radical (unpaired) electrons. The number of hydrogen-bond donors (Lipinski definition) is 1. The maximum atomic E-state index is 12.4. The minimum Gasteiger partial charge on any atom is -0.353 e. The average molecular weight is 288 g/mol. The Balaban J connectivity index is 2.03. The van der Waals surface area contributed by atoms with Gasteiger partial charge in [-0.05, 0) is 50.8 Å². The summed E-state index contributed by atoms with van der Waals surface area (Å²) in [5.74, 6) is 0.00835. The zero-order valence-electron chi connectivity index (χ0n) is 13.3. The van der Waals surface area contributed by atoms with E-state index in [4.69, 9.17) is 0 Å². The third kappa shape index (κ3) is 3.43. The largest absolute Gasteiger partial charge is 0.353 e. The molecule has 4 heteroatoms. The van der Waals surface area contributed by atoms with Crippen LogP contribution in [0.5, 0.6) is 0 Å². The first-order valence-corrected chi connectivity index (χ1v) is 7.54. The third-order valence-corrected chi connectivity index (χ3v) is 4.25. The Morgan fingerprint density at radius 3 is 2.52 bits per heavy atom. The van der Waals surface area contributed by atoms with Gasteiger partial charge in [0.2, 0.25) is 11.8 Å². The van der Waals surface area contributed by atoms with Gasteiger partial charge < -0.3 is 10.2 Å². The van der Waals surface area contributed by atoms with Gasteiger partial charge in [-0.15, -0.1) is 0 Å². The first-order chi connectivity index (χ1) is 9.90. The van der Waals surface area contributed by atoms with E-state index in [1.54, 1.807) is 11.8 Å². The summed E-state index contributed by atoms with van der Waals surface area (Å²) in [5.41, 5.74) is 4.99. The van der Waals surface area contributed by atoms with Crippen molar-refractivity contribution in [3.63, 3.8) is 0 Å². The average Bonchev–Trinajstić information content (AvgIpc) is 2.40. The Bertz CT molecular complexity index is 543. The van der Waals surface area contributed by atoms with E-state index in [0.717, 1.165) is 6.42 Å². The van der Waals surface area contributed by atoms with Gasteiger partial charge in [0.15, 0.2) is 0 Å². The lowest BCUT2D eigenvalue weighted by Gasteiger charge is -2.33. The summed E-state index contributed by atoms with van der Waals surface area (Å²) in [5, 5.41) is 2.78. The predicted octanol–water partition coefficient (Wildman–Crippen LogP) is 1.89. The molecule has 1 atom stereocenters. The molecule has 1 heterocycles. The molecule has 1 saturated heterocycles. The van der Waals surface area contributed by atoms with Gasteiger partial charge in [0, 0.05) is 19.5 Å². The first-order valence-electron chi connectivity index (χ1n) is 7.54. The van der Waals surface area contributed by atoms with Crippen LogP contribution in [0.25, 0.3) is 0 Å². The number of amides is 2. The van der Waals surface area contributed by atoms with E-state index in [1.165, 1.54) is 22.3 Å². The maximum absolute atomic E-state index is 12.4. The fourth-order valence-electron chi connectivity index (χ4n) is 3.10. The van der Waals surface area contributed by atoms with Gasteiger partial charge in [-0.1, -0.05) is 17.7 Å². The Kier molecular flexibility index (Phi) is 4.66. The number of piperazine rings is 1. The van der Waals surface area contributed by atoms with E-state index in [2.05, 4.69) is 38.2 Å². The third-order valence-electron chi connectivity index (χ3n) is 4.25. The minimum atomic E-state index is -0.355. The molecule has 1 fully saturated rings. The van der Waals surface area contributed by atoms with E-state index in [0.29, 0.717) is 19.5 Å². The number of carbonyl (C=O) groups excluding carboxylic acids is 2. The van der Waals surface area contributed by atoms with Crippen molar-refractivity contribution < 1.29 is 9.59 Å². The molecule has 4 nitrogen and oxygen atoms in total. The first kappa shape index (κ1) is 15.5. The van der Waals surface area contributed by atoms with Crippen LogP contribution in [0.4, 0.5) is 0 Å². The van der Waals surface area contributed by atoms with Crippen LogP contribution >= 0.6 is 0 Å². The van der Waals surface area contributed by atoms with Crippen molar-refractivity contribution >= 4 is 11.8 Å². The minimum absolute atomic E-state index is 0.0581. The Morgan fingerprint density at radius 2 is 1.90 bits per heavy atom. The number of benzene rings is 1. The van der Waals surface area contributed by atoms with E-state index in [1.807, 2.05) is 0 Å². The number of nitrogens with zero attached hydrogens (tertiary/aromatic N) is 1. The van der Waals surface area contributed by atoms with E-state index < -0.39 is 0 Å². The summed E-state index contributed by atoms with van der Waals surface area (Å²) >= 11 is 0. The summed E-state index contributed by atoms with van der Waals surface area (Å²) in [6, 6.07) is 3.96. The van der Waals surface area contributed by atoms with Gasteiger partial charge >= 0.3 is 0 Å². The smallest absolute Gasteiger partial charge is 0.242 e. The monoisotopic (exact) mass is 288 g/mol. The fourth-order valence-corrected chi connectivity index (χ4v) is 3.10. The molecule has 0 bridgehead atoms. The molecule has 2 rings (SSSR count). The second-order valence-corrected chi connectivity index (χ2v) is 5.93. The topological polar surface area (TPSA) is 49.4 Å². The fraction of sp³-hybridized carbons (Fsp3) is 0.529. The zero-order valence-corrected chi connectivity index (χ0v) is 13.3. The molecule has 0 saturated carbocycles. The molecule has 1 aromatic rings. The van der Waals surface area contributed by atoms with Gasteiger partial charge in [0.25, 0.3) is 0 Å². The molecule has 0 aliphatic carbocycles. The lowest BCUT2D eigenvalue weighted by Crippen LogP contribution is -2.55. The van der Waals surface area contributed by atoms with Crippen LogP contribution in [0.15, 0.2) is 12.1 Å². The van der Waals surface area contributed by atoms with Gasteiger partial charge in [0.05, 0.1) is 0 Å². The maximum Gasteiger partial charge on any atom is 0.242 e. The van der Waals surface area contributed by atoms with Crippen LogP contribution in [0, 0.1) is 20.8 Å². The van der Waals surface area contributed by atoms with Crippen LogP contribution < -0.4 is 5.32 Å². The molecular formula is C17H24N2O2. The molecule has 1 aromatic carbocycles. The highest BCUT2D eigenvalue weighted by molar-refractivity contribution is 5.88. The summed E-state index contributed by atoms with van der Waals surface area (Å²) in [4.78, 5) is 25.7. The quantitative estimate of drug-likeness (QED) is 0.923. The summed E-state index contributed by atoms with van der Waals surface area (Å²) in [7, 11) is 0. The molecule has 1 aliphatic rings.